The molecule has 4 rings (SSSR count). The molecule has 1 aromatic heterocycles. The van der Waals surface area contributed by atoms with E-state index in [1.54, 1.807) is 4.57 Å². The monoisotopic (exact) mass is 263 g/mol. The van der Waals surface area contributed by atoms with E-state index in [1.165, 1.54) is 0 Å². The van der Waals surface area contributed by atoms with Gasteiger partial charge in [0.25, 0.3) is 0 Å². The highest BCUT2D eigenvalue weighted by molar-refractivity contribution is 6.02. The van der Waals surface area contributed by atoms with E-state index < -0.39 is 0 Å². The molecule has 0 N–H and O–H groups in total. The van der Waals surface area contributed by atoms with Crippen molar-refractivity contribution in [2.24, 2.45) is 5.92 Å². The highest BCUT2D eigenvalue weighted by Gasteiger charge is 2.37. The minimum absolute atomic E-state index is 0.0856. The van der Waals surface area contributed by atoms with E-state index in [0.29, 0.717) is 11.4 Å². The van der Waals surface area contributed by atoms with Crippen molar-refractivity contribution in [2.45, 2.75) is 25.7 Å². The summed E-state index contributed by atoms with van der Waals surface area (Å²) < 4.78 is 1.65. The van der Waals surface area contributed by atoms with Crippen LogP contribution in [0.3, 0.4) is 0 Å². The molecule has 0 radical (unpaired) electrons. The van der Waals surface area contributed by atoms with Gasteiger partial charge in [0.05, 0.1) is 22.5 Å². The molecule has 98 valence electrons. The van der Waals surface area contributed by atoms with E-state index in [9.17, 15) is 10.1 Å². The molecule has 0 amide bonds. The summed E-state index contributed by atoms with van der Waals surface area (Å²) in [4.78, 5) is 17.3. The van der Waals surface area contributed by atoms with Gasteiger partial charge in [-0.1, -0.05) is 18.6 Å². The number of carbonyl (C=O) groups excluding carboxylic acids is 1. The third-order valence-electron chi connectivity index (χ3n) is 4.35. The second kappa shape index (κ2) is 4.04. The maximum Gasteiger partial charge on any atom is 0.240 e. The SMILES string of the molecule is N#CC1=C2CCCC[C@@H]2C(=O)n2c1nc1ccccc12. The van der Waals surface area contributed by atoms with Crippen LogP contribution in [0.1, 0.15) is 36.3 Å². The average molecular weight is 263 g/mol. The largest absolute Gasteiger partial charge is 0.273 e. The number of hydrogen-bond donors (Lipinski definition) is 0. The van der Waals surface area contributed by atoms with Gasteiger partial charge in [0.1, 0.15) is 6.07 Å². The van der Waals surface area contributed by atoms with Crippen molar-refractivity contribution in [3.63, 3.8) is 0 Å². The molecular formula is C16H13N3O. The van der Waals surface area contributed by atoms with Crippen LogP contribution in [0.5, 0.6) is 0 Å². The molecule has 0 bridgehead atoms. The Bertz CT molecular complexity index is 807. The summed E-state index contributed by atoms with van der Waals surface area (Å²) >= 11 is 0. The molecule has 0 unspecified atom stereocenters. The zero-order valence-electron chi connectivity index (χ0n) is 11.0. The highest BCUT2D eigenvalue weighted by Crippen LogP contribution is 2.40. The molecule has 2 aromatic rings. The lowest BCUT2D eigenvalue weighted by atomic mass is 9.79. The second-order valence-corrected chi connectivity index (χ2v) is 5.41. The lowest BCUT2D eigenvalue weighted by molar-refractivity contribution is 0.0838. The molecule has 0 saturated heterocycles. The van der Waals surface area contributed by atoms with Gasteiger partial charge in [-0.2, -0.15) is 5.26 Å². The summed E-state index contributed by atoms with van der Waals surface area (Å²) in [7, 11) is 0. The first-order valence-corrected chi connectivity index (χ1v) is 6.96. The van der Waals surface area contributed by atoms with Gasteiger partial charge in [-0.15, -0.1) is 0 Å². The number of rotatable bonds is 0. The van der Waals surface area contributed by atoms with Crippen LogP contribution in [-0.2, 0) is 0 Å². The first kappa shape index (κ1) is 11.4. The number of benzene rings is 1. The molecule has 1 fully saturated rings. The molecule has 1 atom stereocenters. The van der Waals surface area contributed by atoms with Gasteiger partial charge >= 0.3 is 0 Å². The number of imidazole rings is 1. The first-order chi connectivity index (χ1) is 9.81. The van der Waals surface area contributed by atoms with Crippen LogP contribution in [-0.4, -0.2) is 15.5 Å². The van der Waals surface area contributed by atoms with Crippen molar-refractivity contribution in [1.29, 1.82) is 5.26 Å². The molecule has 0 spiro atoms. The van der Waals surface area contributed by atoms with Crippen LogP contribution in [0.4, 0.5) is 0 Å². The highest BCUT2D eigenvalue weighted by atomic mass is 16.2. The number of fused-ring (bicyclic) bond motifs is 4. The number of para-hydroxylation sites is 2. The Labute approximate surface area is 116 Å². The van der Waals surface area contributed by atoms with Gasteiger partial charge in [0.15, 0.2) is 5.82 Å². The average Bonchev–Trinajstić information content (AvgIpc) is 2.87. The van der Waals surface area contributed by atoms with Crippen LogP contribution < -0.4 is 0 Å². The number of hydrogen-bond acceptors (Lipinski definition) is 3. The third-order valence-corrected chi connectivity index (χ3v) is 4.35. The fourth-order valence-electron chi connectivity index (χ4n) is 3.42. The molecule has 1 aliphatic heterocycles. The van der Waals surface area contributed by atoms with E-state index in [-0.39, 0.29) is 11.8 Å². The smallest absolute Gasteiger partial charge is 0.240 e. The van der Waals surface area contributed by atoms with Crippen LogP contribution in [0.2, 0.25) is 0 Å². The van der Waals surface area contributed by atoms with Gasteiger partial charge in [0.2, 0.25) is 5.91 Å². The van der Waals surface area contributed by atoms with Crippen molar-refractivity contribution >= 4 is 22.5 Å². The Morgan fingerprint density at radius 3 is 3.00 bits per heavy atom. The molecule has 1 aromatic carbocycles. The minimum atomic E-state index is -0.122. The Balaban J connectivity index is 2.08. The van der Waals surface area contributed by atoms with Crippen LogP contribution >= 0.6 is 0 Å². The Kier molecular flexibility index (Phi) is 2.31. The van der Waals surface area contributed by atoms with Crippen molar-refractivity contribution in [3.05, 3.63) is 35.7 Å². The molecular weight excluding hydrogens is 250 g/mol. The predicted molar refractivity (Wildman–Crippen MR) is 74.9 cm³/mol. The van der Waals surface area contributed by atoms with Crippen molar-refractivity contribution in [1.82, 2.24) is 9.55 Å². The molecule has 4 nitrogen and oxygen atoms in total. The number of nitriles is 1. The van der Waals surface area contributed by atoms with Crippen LogP contribution in [0.25, 0.3) is 16.6 Å². The van der Waals surface area contributed by atoms with E-state index in [4.69, 9.17) is 0 Å². The zero-order valence-corrected chi connectivity index (χ0v) is 11.0. The van der Waals surface area contributed by atoms with Gasteiger partial charge in [-0.3, -0.25) is 9.36 Å². The maximum atomic E-state index is 12.8. The molecule has 20 heavy (non-hydrogen) atoms. The summed E-state index contributed by atoms with van der Waals surface area (Å²) in [6.45, 7) is 0. The lowest BCUT2D eigenvalue weighted by Gasteiger charge is -2.29. The predicted octanol–water partition coefficient (Wildman–Crippen LogP) is 3.16. The summed E-state index contributed by atoms with van der Waals surface area (Å²) in [5, 5.41) is 9.52. The summed E-state index contributed by atoms with van der Waals surface area (Å²) in [6, 6.07) is 9.87. The Morgan fingerprint density at radius 2 is 2.15 bits per heavy atom. The van der Waals surface area contributed by atoms with E-state index in [0.717, 1.165) is 42.3 Å². The minimum Gasteiger partial charge on any atom is -0.273 e. The van der Waals surface area contributed by atoms with Crippen molar-refractivity contribution in [2.75, 3.05) is 0 Å². The molecule has 1 aliphatic carbocycles. The van der Waals surface area contributed by atoms with Crippen molar-refractivity contribution in [3.8, 4) is 6.07 Å². The van der Waals surface area contributed by atoms with Crippen LogP contribution in [0.15, 0.2) is 29.8 Å². The van der Waals surface area contributed by atoms with Gasteiger partial charge < -0.3 is 0 Å². The quantitative estimate of drug-likeness (QED) is 0.733. The molecule has 4 heteroatoms. The van der Waals surface area contributed by atoms with E-state index in [1.807, 2.05) is 24.3 Å². The van der Waals surface area contributed by atoms with Gasteiger partial charge in [-0.05, 0) is 37.0 Å². The number of carbonyl (C=O) groups is 1. The summed E-state index contributed by atoms with van der Waals surface area (Å²) in [6.07, 6.45) is 3.82. The lowest BCUT2D eigenvalue weighted by Crippen LogP contribution is -2.31. The fraction of sp³-hybridized carbons (Fsp3) is 0.312. The summed E-state index contributed by atoms with van der Waals surface area (Å²) in [5.41, 5.74) is 3.21. The van der Waals surface area contributed by atoms with E-state index >= 15 is 0 Å². The third kappa shape index (κ3) is 1.35. The molecule has 2 heterocycles. The van der Waals surface area contributed by atoms with E-state index in [2.05, 4.69) is 11.1 Å². The zero-order chi connectivity index (χ0) is 13.7. The second-order valence-electron chi connectivity index (χ2n) is 5.41. The summed E-state index contributed by atoms with van der Waals surface area (Å²) in [5.74, 6) is 0.498. The number of nitrogens with zero attached hydrogens (tertiary/aromatic N) is 3. The number of aromatic nitrogens is 2. The molecule has 1 saturated carbocycles. The first-order valence-electron chi connectivity index (χ1n) is 6.96. The van der Waals surface area contributed by atoms with Crippen LogP contribution in [0, 0.1) is 17.2 Å². The van der Waals surface area contributed by atoms with Gasteiger partial charge in [0, 0.05) is 0 Å². The Morgan fingerprint density at radius 1 is 1.30 bits per heavy atom. The fourth-order valence-corrected chi connectivity index (χ4v) is 3.42. The maximum absolute atomic E-state index is 12.8. The number of allylic oxidation sites excluding steroid dienone is 2. The molecule has 2 aliphatic rings. The standard InChI is InChI=1S/C16H13N3O/c17-9-12-10-5-1-2-6-11(10)16(20)19-14-8-4-3-7-13(14)18-15(12)19/h3-4,7-8,11H,1-2,5-6H2/t11-/m0/s1. The normalized spacial score (nSPS) is 21.6. The van der Waals surface area contributed by atoms with Crippen molar-refractivity contribution < 1.29 is 4.79 Å². The Hall–Kier alpha value is -2.41. The topological polar surface area (TPSA) is 58.7 Å². The van der Waals surface area contributed by atoms with Gasteiger partial charge in [-0.25, -0.2) is 4.98 Å².